The quantitative estimate of drug-likeness (QED) is 0.722. The predicted octanol–water partition coefficient (Wildman–Crippen LogP) is 3.98. The topological polar surface area (TPSA) is 51.1 Å². The van der Waals surface area contributed by atoms with Gasteiger partial charge in [-0.05, 0) is 48.0 Å². The first kappa shape index (κ1) is 18.7. The summed E-state index contributed by atoms with van der Waals surface area (Å²) in [7, 11) is 0. The van der Waals surface area contributed by atoms with E-state index >= 15 is 0 Å². The van der Waals surface area contributed by atoms with Crippen molar-refractivity contribution < 1.29 is 14.3 Å². The number of halogens is 2. The lowest BCUT2D eigenvalue weighted by Crippen LogP contribution is -2.42. The normalized spacial score (nSPS) is 14.6. The lowest BCUT2D eigenvalue weighted by Gasteiger charge is -2.26. The van der Waals surface area contributed by atoms with E-state index in [2.05, 4.69) is 4.99 Å². The third kappa shape index (κ3) is 5.21. The zero-order valence-electron chi connectivity index (χ0n) is 14.0. The fraction of sp³-hybridized carbons (Fsp3) is 0.263. The van der Waals surface area contributed by atoms with Crippen LogP contribution in [0.4, 0.5) is 5.69 Å². The molecule has 1 fully saturated rings. The SMILES string of the molecule is O=C(COc1ccc(C=Nc2ccc(Cl)c(Cl)c2)cc1)N1CCOCC1. The lowest BCUT2D eigenvalue weighted by atomic mass is 10.2. The fourth-order valence-electron chi connectivity index (χ4n) is 2.41. The molecule has 3 rings (SSSR count). The monoisotopic (exact) mass is 392 g/mol. The molecule has 0 N–H and O–H groups in total. The van der Waals surface area contributed by atoms with Crippen LogP contribution in [0.3, 0.4) is 0 Å². The Bertz CT molecular complexity index is 788. The maximum atomic E-state index is 12.1. The first-order valence-corrected chi connectivity index (χ1v) is 8.95. The van der Waals surface area contributed by atoms with Crippen molar-refractivity contribution in [3.8, 4) is 5.75 Å². The van der Waals surface area contributed by atoms with Crippen LogP contribution in [0, 0.1) is 0 Å². The highest BCUT2D eigenvalue weighted by Gasteiger charge is 2.16. The van der Waals surface area contributed by atoms with Crippen molar-refractivity contribution in [2.45, 2.75) is 0 Å². The molecule has 0 bridgehead atoms. The van der Waals surface area contributed by atoms with Crippen LogP contribution in [0.1, 0.15) is 5.56 Å². The molecule has 1 aliphatic rings. The predicted molar refractivity (Wildman–Crippen MR) is 103 cm³/mol. The maximum Gasteiger partial charge on any atom is 0.260 e. The highest BCUT2D eigenvalue weighted by Crippen LogP contribution is 2.26. The number of hydrogen-bond donors (Lipinski definition) is 0. The Morgan fingerprint density at radius 1 is 1.12 bits per heavy atom. The summed E-state index contributed by atoms with van der Waals surface area (Å²) >= 11 is 11.9. The van der Waals surface area contributed by atoms with E-state index in [1.807, 2.05) is 24.3 Å². The molecule has 0 radical (unpaired) electrons. The molecule has 1 amide bonds. The average molecular weight is 393 g/mol. The van der Waals surface area contributed by atoms with Gasteiger partial charge >= 0.3 is 0 Å². The van der Waals surface area contributed by atoms with E-state index < -0.39 is 0 Å². The van der Waals surface area contributed by atoms with Crippen molar-refractivity contribution in [3.63, 3.8) is 0 Å². The van der Waals surface area contributed by atoms with E-state index in [0.717, 1.165) is 11.3 Å². The van der Waals surface area contributed by atoms with Crippen molar-refractivity contribution >= 4 is 41.0 Å². The maximum absolute atomic E-state index is 12.1. The Labute approximate surface area is 162 Å². The molecule has 0 spiro atoms. The van der Waals surface area contributed by atoms with Gasteiger partial charge in [0.1, 0.15) is 5.75 Å². The minimum atomic E-state index is -0.0291. The van der Waals surface area contributed by atoms with Gasteiger partial charge < -0.3 is 14.4 Å². The highest BCUT2D eigenvalue weighted by molar-refractivity contribution is 6.42. The van der Waals surface area contributed by atoms with Crippen LogP contribution in [-0.4, -0.2) is 49.9 Å². The van der Waals surface area contributed by atoms with E-state index in [1.54, 1.807) is 29.3 Å². The Balaban J connectivity index is 1.53. The number of hydrogen-bond acceptors (Lipinski definition) is 4. The molecule has 7 heteroatoms. The van der Waals surface area contributed by atoms with Gasteiger partial charge in [-0.25, -0.2) is 0 Å². The molecule has 1 saturated heterocycles. The molecule has 2 aromatic rings. The van der Waals surface area contributed by atoms with Crippen LogP contribution in [0.2, 0.25) is 10.0 Å². The number of carbonyl (C=O) groups excluding carboxylic acids is 1. The summed E-state index contributed by atoms with van der Waals surface area (Å²) in [5, 5.41) is 0.966. The third-order valence-corrected chi connectivity index (χ3v) is 4.61. The summed E-state index contributed by atoms with van der Waals surface area (Å²) in [5.41, 5.74) is 1.62. The molecule has 0 unspecified atom stereocenters. The van der Waals surface area contributed by atoms with Crippen LogP contribution >= 0.6 is 23.2 Å². The standard InChI is InChI=1S/C19H18Cl2N2O3/c20-17-6-3-15(11-18(17)21)22-12-14-1-4-16(5-2-14)26-13-19(24)23-7-9-25-10-8-23/h1-6,11-12H,7-10,13H2. The van der Waals surface area contributed by atoms with Gasteiger partial charge in [-0.2, -0.15) is 0 Å². The summed E-state index contributed by atoms with van der Waals surface area (Å²) in [6.07, 6.45) is 1.72. The molecular formula is C19H18Cl2N2O3. The minimum Gasteiger partial charge on any atom is -0.484 e. The first-order valence-electron chi connectivity index (χ1n) is 8.19. The summed E-state index contributed by atoms with van der Waals surface area (Å²) in [6.45, 7) is 2.42. The smallest absolute Gasteiger partial charge is 0.260 e. The van der Waals surface area contributed by atoms with Crippen LogP contribution < -0.4 is 4.74 Å². The Hall–Kier alpha value is -2.08. The number of rotatable bonds is 5. The minimum absolute atomic E-state index is 0.0245. The molecule has 136 valence electrons. The van der Waals surface area contributed by atoms with Crippen molar-refractivity contribution in [2.75, 3.05) is 32.9 Å². The molecule has 0 atom stereocenters. The van der Waals surface area contributed by atoms with E-state index in [0.29, 0.717) is 42.1 Å². The average Bonchev–Trinajstić information content (AvgIpc) is 2.68. The number of benzene rings is 2. The fourth-order valence-corrected chi connectivity index (χ4v) is 2.71. The van der Waals surface area contributed by atoms with Crippen molar-refractivity contribution in [3.05, 3.63) is 58.1 Å². The molecule has 5 nitrogen and oxygen atoms in total. The summed E-state index contributed by atoms with van der Waals surface area (Å²) in [5.74, 6) is 0.608. The Morgan fingerprint density at radius 2 is 1.85 bits per heavy atom. The molecule has 0 saturated carbocycles. The summed E-state index contributed by atoms with van der Waals surface area (Å²) < 4.78 is 10.8. The number of carbonyl (C=O) groups is 1. The van der Waals surface area contributed by atoms with Gasteiger partial charge in [0.05, 0.1) is 28.9 Å². The third-order valence-electron chi connectivity index (χ3n) is 3.87. The van der Waals surface area contributed by atoms with Gasteiger partial charge in [0.2, 0.25) is 0 Å². The van der Waals surface area contributed by atoms with Crippen LogP contribution in [0.25, 0.3) is 0 Å². The van der Waals surface area contributed by atoms with Crippen LogP contribution in [0.5, 0.6) is 5.75 Å². The van der Waals surface area contributed by atoms with Gasteiger partial charge in [-0.1, -0.05) is 23.2 Å². The molecule has 26 heavy (non-hydrogen) atoms. The lowest BCUT2D eigenvalue weighted by molar-refractivity contribution is -0.137. The van der Waals surface area contributed by atoms with Crippen molar-refractivity contribution in [2.24, 2.45) is 4.99 Å². The largest absolute Gasteiger partial charge is 0.484 e. The summed E-state index contributed by atoms with van der Waals surface area (Å²) in [6, 6.07) is 12.6. The van der Waals surface area contributed by atoms with E-state index in [4.69, 9.17) is 32.7 Å². The second-order valence-corrected chi connectivity index (χ2v) is 6.52. The Morgan fingerprint density at radius 3 is 2.54 bits per heavy atom. The van der Waals surface area contributed by atoms with Crippen molar-refractivity contribution in [1.29, 1.82) is 0 Å². The molecule has 0 aromatic heterocycles. The summed E-state index contributed by atoms with van der Waals surface area (Å²) in [4.78, 5) is 18.2. The van der Waals surface area contributed by atoms with Crippen LogP contribution in [0.15, 0.2) is 47.5 Å². The number of amides is 1. The molecular weight excluding hydrogens is 375 g/mol. The molecule has 1 aliphatic heterocycles. The van der Waals surface area contributed by atoms with Gasteiger partial charge in [0, 0.05) is 19.3 Å². The molecule has 0 aliphatic carbocycles. The van der Waals surface area contributed by atoms with Gasteiger partial charge in [0.25, 0.3) is 5.91 Å². The van der Waals surface area contributed by atoms with Gasteiger partial charge in [0.15, 0.2) is 6.61 Å². The van der Waals surface area contributed by atoms with Crippen LogP contribution in [-0.2, 0) is 9.53 Å². The molecule has 2 aromatic carbocycles. The molecule has 1 heterocycles. The Kier molecular flexibility index (Phi) is 6.50. The van der Waals surface area contributed by atoms with Gasteiger partial charge in [-0.15, -0.1) is 0 Å². The number of ether oxygens (including phenoxy) is 2. The van der Waals surface area contributed by atoms with Crippen molar-refractivity contribution in [1.82, 2.24) is 4.90 Å². The zero-order valence-corrected chi connectivity index (χ0v) is 15.5. The second-order valence-electron chi connectivity index (χ2n) is 5.71. The van der Waals surface area contributed by atoms with E-state index in [-0.39, 0.29) is 12.5 Å². The highest BCUT2D eigenvalue weighted by atomic mass is 35.5. The van der Waals surface area contributed by atoms with E-state index in [1.165, 1.54) is 0 Å². The second kappa shape index (κ2) is 9.03. The number of morpholine rings is 1. The van der Waals surface area contributed by atoms with E-state index in [9.17, 15) is 4.79 Å². The van der Waals surface area contributed by atoms with Gasteiger partial charge in [-0.3, -0.25) is 9.79 Å². The first-order chi connectivity index (χ1) is 12.6. The number of aliphatic imine (C=N–C) groups is 1. The zero-order chi connectivity index (χ0) is 18.4. The number of nitrogens with zero attached hydrogens (tertiary/aromatic N) is 2.